The molecule has 1 aliphatic rings. The molecule has 1 fully saturated rings. The van der Waals surface area contributed by atoms with E-state index in [1.807, 2.05) is 13.0 Å². The number of hydrogen-bond donors (Lipinski definition) is 1. The standard InChI is InChI=1S/C27H36FN3O4S/c1-20-10-8-14-24(18-20)31(36(3,34)35)17-9-16-26(32)30(19-22-11-4-7-15-25(22)28)21(2)27(33)29-23-12-5-6-13-23/h4,7-8,10-11,14-15,18,21,23H,5-6,9,12-13,16-17,19H2,1-3H3,(H,29,33)/t21-/m0/s1. The van der Waals surface area contributed by atoms with Crippen LogP contribution in [0.2, 0.25) is 0 Å². The molecule has 0 unspecified atom stereocenters. The first-order valence-corrected chi connectivity index (χ1v) is 14.3. The lowest BCUT2D eigenvalue weighted by Crippen LogP contribution is -2.49. The zero-order valence-electron chi connectivity index (χ0n) is 21.2. The molecule has 0 spiro atoms. The largest absolute Gasteiger partial charge is 0.352 e. The van der Waals surface area contributed by atoms with E-state index >= 15 is 0 Å². The lowest BCUT2D eigenvalue weighted by Gasteiger charge is -2.30. The van der Waals surface area contributed by atoms with Crippen LogP contribution >= 0.6 is 0 Å². The van der Waals surface area contributed by atoms with E-state index in [4.69, 9.17) is 0 Å². The SMILES string of the molecule is Cc1cccc(N(CCCC(=O)N(Cc2ccccc2F)[C@@H](C)C(=O)NC2CCCC2)S(C)(=O)=O)c1. The number of nitrogens with one attached hydrogen (secondary N) is 1. The molecular formula is C27H36FN3O4S. The maximum absolute atomic E-state index is 14.4. The van der Waals surface area contributed by atoms with E-state index in [0.29, 0.717) is 11.3 Å². The van der Waals surface area contributed by atoms with Crippen LogP contribution < -0.4 is 9.62 Å². The second-order valence-electron chi connectivity index (χ2n) is 9.56. The number of carbonyl (C=O) groups excluding carboxylic acids is 2. The van der Waals surface area contributed by atoms with E-state index in [1.165, 1.54) is 15.3 Å². The molecule has 7 nitrogen and oxygen atoms in total. The van der Waals surface area contributed by atoms with Crippen molar-refractivity contribution in [1.82, 2.24) is 10.2 Å². The lowest BCUT2D eigenvalue weighted by molar-refractivity contribution is -0.141. The number of hydrogen-bond acceptors (Lipinski definition) is 4. The minimum Gasteiger partial charge on any atom is -0.352 e. The third-order valence-electron chi connectivity index (χ3n) is 6.61. The Morgan fingerprint density at radius 1 is 1.11 bits per heavy atom. The van der Waals surface area contributed by atoms with Crippen molar-refractivity contribution in [3.05, 3.63) is 65.5 Å². The number of carbonyl (C=O) groups is 2. The zero-order chi connectivity index (χ0) is 26.3. The van der Waals surface area contributed by atoms with Gasteiger partial charge in [-0.15, -0.1) is 0 Å². The van der Waals surface area contributed by atoms with Crippen molar-refractivity contribution in [2.75, 3.05) is 17.1 Å². The van der Waals surface area contributed by atoms with Gasteiger partial charge in [-0.3, -0.25) is 13.9 Å². The van der Waals surface area contributed by atoms with E-state index < -0.39 is 21.9 Å². The van der Waals surface area contributed by atoms with Crippen molar-refractivity contribution >= 4 is 27.5 Å². The highest BCUT2D eigenvalue weighted by Crippen LogP contribution is 2.21. The molecule has 2 aromatic rings. The monoisotopic (exact) mass is 517 g/mol. The van der Waals surface area contributed by atoms with Gasteiger partial charge in [0.05, 0.1) is 11.9 Å². The number of rotatable bonds is 11. The fraction of sp³-hybridized carbons (Fsp3) is 0.481. The first-order valence-electron chi connectivity index (χ1n) is 12.4. The molecule has 1 aliphatic carbocycles. The van der Waals surface area contributed by atoms with E-state index in [-0.39, 0.29) is 43.8 Å². The Hall–Kier alpha value is -2.94. The van der Waals surface area contributed by atoms with Crippen molar-refractivity contribution in [1.29, 1.82) is 0 Å². The Labute approximate surface area is 213 Å². The molecule has 0 saturated heterocycles. The van der Waals surface area contributed by atoms with Gasteiger partial charge in [-0.2, -0.15) is 0 Å². The van der Waals surface area contributed by atoms with Crippen molar-refractivity contribution in [3.63, 3.8) is 0 Å². The minimum atomic E-state index is -3.56. The maximum atomic E-state index is 14.4. The molecule has 0 heterocycles. The van der Waals surface area contributed by atoms with Gasteiger partial charge in [-0.1, -0.05) is 43.2 Å². The van der Waals surface area contributed by atoms with Crippen LogP contribution in [0.1, 0.15) is 56.6 Å². The number of amides is 2. The topological polar surface area (TPSA) is 86.8 Å². The van der Waals surface area contributed by atoms with Crippen LogP contribution in [-0.2, 0) is 26.2 Å². The molecule has 36 heavy (non-hydrogen) atoms. The number of sulfonamides is 1. The summed E-state index contributed by atoms with van der Waals surface area (Å²) in [5, 5.41) is 3.02. The first kappa shape index (κ1) is 27.6. The second-order valence-corrected chi connectivity index (χ2v) is 11.5. The van der Waals surface area contributed by atoms with Gasteiger partial charge in [0.2, 0.25) is 21.8 Å². The van der Waals surface area contributed by atoms with Gasteiger partial charge in [0, 0.05) is 31.1 Å². The summed E-state index contributed by atoms with van der Waals surface area (Å²) >= 11 is 0. The quantitative estimate of drug-likeness (QED) is 0.485. The van der Waals surface area contributed by atoms with Crippen LogP contribution in [0, 0.1) is 12.7 Å². The minimum absolute atomic E-state index is 0.0212. The number of benzene rings is 2. The molecule has 3 rings (SSSR count). The van der Waals surface area contributed by atoms with Crippen LogP contribution in [0.15, 0.2) is 48.5 Å². The Balaban J connectivity index is 1.72. The van der Waals surface area contributed by atoms with E-state index in [0.717, 1.165) is 37.5 Å². The third-order valence-corrected chi connectivity index (χ3v) is 7.80. The Bertz CT molecular complexity index is 1170. The normalized spacial score (nSPS) is 14.9. The fourth-order valence-electron chi connectivity index (χ4n) is 4.57. The third kappa shape index (κ3) is 7.53. The van der Waals surface area contributed by atoms with E-state index in [9.17, 15) is 22.4 Å². The van der Waals surface area contributed by atoms with Gasteiger partial charge in [-0.05, 0) is 56.9 Å². The molecule has 0 bridgehead atoms. The van der Waals surface area contributed by atoms with Crippen LogP contribution in [0.3, 0.4) is 0 Å². The summed E-state index contributed by atoms with van der Waals surface area (Å²) in [5.41, 5.74) is 1.79. The van der Waals surface area contributed by atoms with Crippen molar-refractivity contribution in [3.8, 4) is 0 Å². The Morgan fingerprint density at radius 3 is 2.44 bits per heavy atom. The van der Waals surface area contributed by atoms with Crippen molar-refractivity contribution in [2.24, 2.45) is 0 Å². The zero-order valence-corrected chi connectivity index (χ0v) is 22.1. The molecule has 196 valence electrons. The predicted octanol–water partition coefficient (Wildman–Crippen LogP) is 4.16. The molecule has 1 atom stereocenters. The summed E-state index contributed by atoms with van der Waals surface area (Å²) in [6.07, 6.45) is 5.37. The second kappa shape index (κ2) is 12.3. The lowest BCUT2D eigenvalue weighted by atomic mass is 10.1. The molecule has 0 radical (unpaired) electrons. The Morgan fingerprint density at radius 2 is 1.81 bits per heavy atom. The average Bonchev–Trinajstić information content (AvgIpc) is 3.33. The van der Waals surface area contributed by atoms with Gasteiger partial charge < -0.3 is 10.2 Å². The molecular weight excluding hydrogens is 481 g/mol. The highest BCUT2D eigenvalue weighted by molar-refractivity contribution is 7.92. The fourth-order valence-corrected chi connectivity index (χ4v) is 5.53. The highest BCUT2D eigenvalue weighted by Gasteiger charge is 2.29. The molecule has 9 heteroatoms. The summed E-state index contributed by atoms with van der Waals surface area (Å²) in [7, 11) is -3.56. The smallest absolute Gasteiger partial charge is 0.242 e. The summed E-state index contributed by atoms with van der Waals surface area (Å²) < 4.78 is 40.5. The molecule has 0 aromatic heterocycles. The van der Waals surface area contributed by atoms with Crippen LogP contribution in [-0.4, -0.2) is 50.0 Å². The Kier molecular flexibility index (Phi) is 9.48. The van der Waals surface area contributed by atoms with Gasteiger partial charge in [0.1, 0.15) is 11.9 Å². The van der Waals surface area contributed by atoms with Crippen LogP contribution in [0.5, 0.6) is 0 Å². The molecule has 2 aromatic carbocycles. The predicted molar refractivity (Wildman–Crippen MR) is 139 cm³/mol. The van der Waals surface area contributed by atoms with Gasteiger partial charge in [0.25, 0.3) is 0 Å². The van der Waals surface area contributed by atoms with Crippen molar-refractivity contribution in [2.45, 2.75) is 71.0 Å². The summed E-state index contributed by atoms with van der Waals surface area (Å²) in [5.74, 6) is -1.03. The molecule has 1 N–H and O–H groups in total. The van der Waals surface area contributed by atoms with E-state index in [1.54, 1.807) is 43.3 Å². The molecule has 2 amide bonds. The highest BCUT2D eigenvalue weighted by atomic mass is 32.2. The van der Waals surface area contributed by atoms with Crippen LogP contribution in [0.4, 0.5) is 10.1 Å². The summed E-state index contributed by atoms with van der Waals surface area (Å²) in [4.78, 5) is 27.7. The number of nitrogens with zero attached hydrogens (tertiary/aromatic N) is 2. The average molecular weight is 518 g/mol. The number of halogens is 1. The van der Waals surface area contributed by atoms with Gasteiger partial charge >= 0.3 is 0 Å². The maximum Gasteiger partial charge on any atom is 0.242 e. The van der Waals surface area contributed by atoms with Gasteiger partial charge in [-0.25, -0.2) is 12.8 Å². The first-order chi connectivity index (χ1) is 17.1. The van der Waals surface area contributed by atoms with Crippen LogP contribution in [0.25, 0.3) is 0 Å². The summed E-state index contributed by atoms with van der Waals surface area (Å²) in [6.45, 7) is 3.60. The summed E-state index contributed by atoms with van der Waals surface area (Å²) in [6, 6.07) is 12.7. The van der Waals surface area contributed by atoms with E-state index in [2.05, 4.69) is 5.32 Å². The molecule has 0 aliphatic heterocycles. The van der Waals surface area contributed by atoms with Gasteiger partial charge in [0.15, 0.2) is 0 Å². The number of aryl methyl sites for hydroxylation is 1. The molecule has 1 saturated carbocycles. The number of anilines is 1. The van der Waals surface area contributed by atoms with Crippen molar-refractivity contribution < 1.29 is 22.4 Å².